The van der Waals surface area contributed by atoms with Crippen molar-refractivity contribution in [3.8, 4) is 0 Å². The Hall–Kier alpha value is -0.701. The number of carboxylic acids is 2. The molecule has 0 amide bonds. The average molecular weight is 278 g/mol. The first-order chi connectivity index (χ1) is 5.29. The Kier molecular flexibility index (Phi) is 30.7. The van der Waals surface area contributed by atoms with Gasteiger partial charge in [-0.15, -0.1) is 0 Å². The van der Waals surface area contributed by atoms with Gasteiger partial charge < -0.3 is 41.0 Å². The fourth-order valence-electron chi connectivity index (χ4n) is 0. The molecule has 0 aromatic heterocycles. The van der Waals surface area contributed by atoms with Crippen molar-refractivity contribution < 1.29 is 58.0 Å². The molecule has 9 heteroatoms. The van der Waals surface area contributed by atoms with E-state index in [-0.39, 0.29) is 28.0 Å². The number of carboxylic acid groups (broad SMARTS) is 2. The minimum Gasteiger partial charge on any atom is -0.547 e. The topological polar surface area (TPSA) is 184 Å². The van der Waals surface area contributed by atoms with Gasteiger partial charge in [-0.3, -0.25) is 0 Å². The minimum atomic E-state index is -1.44. The second-order valence-electron chi connectivity index (χ2n) is 1.99. The summed E-state index contributed by atoms with van der Waals surface area (Å²) in [4.78, 5) is 18.7. The van der Waals surface area contributed by atoms with E-state index in [1.54, 1.807) is 0 Å². The van der Waals surface area contributed by atoms with E-state index in [0.717, 1.165) is 13.8 Å². The van der Waals surface area contributed by atoms with E-state index < -0.39 is 24.1 Å². The predicted octanol–water partition coefficient (Wildman–Crippen LogP) is -5.42. The first kappa shape index (κ1) is 29.2. The van der Waals surface area contributed by atoms with E-state index in [1.165, 1.54) is 0 Å². The molecule has 0 saturated heterocycles. The first-order valence-electron chi connectivity index (χ1n) is 3.06. The normalized spacial score (nSPS) is 10.9. The van der Waals surface area contributed by atoms with Crippen LogP contribution >= 0.6 is 0 Å². The molecule has 0 aliphatic heterocycles. The van der Waals surface area contributed by atoms with Gasteiger partial charge in [0.15, 0.2) is 0 Å². The predicted molar refractivity (Wildman–Crippen MR) is 40.6 cm³/mol. The number of hydrogen-bond acceptors (Lipinski definition) is 6. The van der Waals surface area contributed by atoms with Crippen molar-refractivity contribution in [1.82, 2.24) is 0 Å². The summed E-state index contributed by atoms with van der Waals surface area (Å²) in [7, 11) is 0. The molecule has 8 nitrogen and oxygen atoms in total. The van der Waals surface area contributed by atoms with E-state index in [0.29, 0.717) is 0 Å². The first-order valence-corrected chi connectivity index (χ1v) is 3.06. The van der Waals surface area contributed by atoms with Crippen molar-refractivity contribution in [2.45, 2.75) is 26.1 Å². The van der Waals surface area contributed by atoms with Crippen LogP contribution in [0.4, 0.5) is 0 Å². The van der Waals surface area contributed by atoms with Crippen LogP contribution in [0.3, 0.4) is 0 Å². The molecule has 1 radical (unpaired) electrons. The second-order valence-corrected chi connectivity index (χ2v) is 1.99. The molecule has 97 valence electrons. The number of aliphatic hydroxyl groups excluding tert-OH is 2. The number of carbonyl (C=O) groups is 2. The van der Waals surface area contributed by atoms with Gasteiger partial charge in [0, 0.05) is 0 Å². The van der Waals surface area contributed by atoms with Gasteiger partial charge in [-0.1, -0.05) is 0 Å². The van der Waals surface area contributed by atoms with Crippen molar-refractivity contribution in [2.24, 2.45) is 0 Å². The molecule has 0 fully saturated rings. The zero-order valence-electron chi connectivity index (χ0n) is 7.98. The maximum Gasteiger partial charge on any atom is 2.00 e. The smallest absolute Gasteiger partial charge is 0.547 e. The van der Waals surface area contributed by atoms with Gasteiger partial charge in [0.05, 0.1) is 24.1 Å². The molecular weight excluding hydrogens is 264 g/mol. The fraction of sp³-hybridized carbons (Fsp3) is 0.667. The van der Waals surface area contributed by atoms with E-state index >= 15 is 0 Å². The molecule has 15 heavy (non-hydrogen) atoms. The van der Waals surface area contributed by atoms with Crippen molar-refractivity contribution in [2.75, 3.05) is 0 Å². The third kappa shape index (κ3) is 31.9. The molecule has 0 aliphatic carbocycles. The zero-order chi connectivity index (χ0) is 10.3. The molecule has 0 spiro atoms. The van der Waals surface area contributed by atoms with E-state index in [2.05, 4.69) is 0 Å². The van der Waals surface area contributed by atoms with E-state index in [4.69, 9.17) is 10.2 Å². The summed E-state index contributed by atoms with van der Waals surface area (Å²) in [5, 5.41) is 34.6. The Morgan fingerprint density at radius 1 is 0.933 bits per heavy atom. The van der Waals surface area contributed by atoms with Gasteiger partial charge in [-0.2, -0.15) is 0 Å². The summed E-state index contributed by atoms with van der Waals surface area (Å²) in [6.45, 7) is 2.27. The fourth-order valence-corrected chi connectivity index (χ4v) is 0. The van der Waals surface area contributed by atoms with Crippen molar-refractivity contribution in [3.05, 3.63) is 0 Å². The molecule has 0 rings (SSSR count). The van der Waals surface area contributed by atoms with Crippen LogP contribution in [0.2, 0.25) is 0 Å². The summed E-state index contributed by atoms with van der Waals surface area (Å²) >= 11 is 0. The Morgan fingerprint density at radius 3 is 1.00 bits per heavy atom. The van der Waals surface area contributed by atoms with Crippen LogP contribution in [0.5, 0.6) is 0 Å². The van der Waals surface area contributed by atoms with Crippen LogP contribution in [0.1, 0.15) is 13.8 Å². The Balaban J connectivity index is -0.0000000370. The Morgan fingerprint density at radius 2 is 1.00 bits per heavy atom. The molecule has 0 bridgehead atoms. The number of rotatable bonds is 2. The molecule has 2 atom stereocenters. The average Bonchev–Trinajstić information content (AvgIpc) is 1.88. The van der Waals surface area contributed by atoms with Gasteiger partial charge >= 0.3 is 17.1 Å². The van der Waals surface area contributed by atoms with Crippen LogP contribution in [0.25, 0.3) is 0 Å². The molecule has 0 saturated carbocycles. The standard InChI is InChI=1S/2C3H6O3.Cu.2H2O/c2*1-2(4)3(5)6;;;/h2*2,4H,1H3,(H,5,6);;2*1H2/q;;+2;;/p-2. The minimum absolute atomic E-state index is 0. The summed E-state index contributed by atoms with van der Waals surface area (Å²) in [5.74, 6) is -2.87. The van der Waals surface area contributed by atoms with Gasteiger partial charge in [-0.05, 0) is 13.8 Å². The molecule has 0 aromatic rings. The van der Waals surface area contributed by atoms with Crippen LogP contribution in [-0.4, -0.2) is 45.3 Å². The third-order valence-corrected chi connectivity index (χ3v) is 0.682. The van der Waals surface area contributed by atoms with Crippen LogP contribution in [0.15, 0.2) is 0 Å². The van der Waals surface area contributed by atoms with Crippen molar-refractivity contribution >= 4 is 11.9 Å². The molecule has 2 unspecified atom stereocenters. The quantitative estimate of drug-likeness (QED) is 0.474. The molecule has 0 aromatic carbocycles. The van der Waals surface area contributed by atoms with Gasteiger partial charge in [0.25, 0.3) is 0 Å². The molecule has 6 N–H and O–H groups in total. The summed E-state index contributed by atoms with van der Waals surface area (Å²) in [5.41, 5.74) is 0. The van der Waals surface area contributed by atoms with Crippen molar-refractivity contribution in [1.29, 1.82) is 0 Å². The van der Waals surface area contributed by atoms with Gasteiger partial charge in [-0.25, -0.2) is 0 Å². The number of carbonyl (C=O) groups excluding carboxylic acids is 2. The van der Waals surface area contributed by atoms with Crippen LogP contribution in [-0.2, 0) is 26.7 Å². The van der Waals surface area contributed by atoms with Gasteiger partial charge in [0.1, 0.15) is 0 Å². The molecular formula is C6H14CuO8. The summed E-state index contributed by atoms with van der Waals surface area (Å²) in [6.07, 6.45) is -2.69. The number of aliphatic hydroxyl groups is 2. The van der Waals surface area contributed by atoms with Crippen LogP contribution in [0, 0.1) is 0 Å². The van der Waals surface area contributed by atoms with E-state index in [9.17, 15) is 19.8 Å². The summed E-state index contributed by atoms with van der Waals surface area (Å²) in [6, 6.07) is 0. The largest absolute Gasteiger partial charge is 2.00 e. The Bertz CT molecular complexity index is 139. The van der Waals surface area contributed by atoms with Crippen molar-refractivity contribution in [3.63, 3.8) is 0 Å². The molecule has 0 heterocycles. The van der Waals surface area contributed by atoms with Gasteiger partial charge in [0.2, 0.25) is 0 Å². The van der Waals surface area contributed by atoms with Crippen LogP contribution < -0.4 is 10.2 Å². The van der Waals surface area contributed by atoms with E-state index in [1.807, 2.05) is 0 Å². The Labute approximate surface area is 96.6 Å². The number of aliphatic carboxylic acids is 2. The second kappa shape index (κ2) is 15.8. The zero-order valence-corrected chi connectivity index (χ0v) is 8.93. The monoisotopic (exact) mass is 277 g/mol. The molecule has 0 aliphatic rings. The SMILES string of the molecule is CC(O)C(=O)[O-].CC(O)C(=O)[O-].O.O.[Cu+2]. The maximum atomic E-state index is 9.34. The number of hydrogen-bond donors (Lipinski definition) is 2. The summed E-state index contributed by atoms with van der Waals surface area (Å²) < 4.78 is 0. The third-order valence-electron chi connectivity index (χ3n) is 0.682. The maximum absolute atomic E-state index is 9.34.